The van der Waals surface area contributed by atoms with E-state index in [0.29, 0.717) is 22.8 Å². The highest BCUT2D eigenvalue weighted by Crippen LogP contribution is 2.28. The lowest BCUT2D eigenvalue weighted by Gasteiger charge is -2.11. The molecule has 1 aliphatic heterocycles. The molecule has 8 heteroatoms. The Morgan fingerprint density at radius 2 is 1.79 bits per heavy atom. The summed E-state index contributed by atoms with van der Waals surface area (Å²) in [6.07, 6.45) is 4.70. The van der Waals surface area contributed by atoms with Gasteiger partial charge in [0.1, 0.15) is 23.9 Å². The predicted molar refractivity (Wildman–Crippen MR) is 119 cm³/mol. The molecule has 3 heterocycles. The molecule has 0 N–H and O–H groups in total. The van der Waals surface area contributed by atoms with Crippen LogP contribution in [0.15, 0.2) is 89.8 Å². The number of fused-ring (bicyclic) bond motifs is 1. The number of aromatic nitrogens is 1. The van der Waals surface area contributed by atoms with Crippen molar-refractivity contribution in [3.63, 3.8) is 0 Å². The van der Waals surface area contributed by atoms with Gasteiger partial charge in [-0.15, -0.1) is 0 Å². The van der Waals surface area contributed by atoms with Crippen LogP contribution in [-0.2, 0) is 17.9 Å². The summed E-state index contributed by atoms with van der Waals surface area (Å²) in [5.41, 5.74) is 1.23. The highest BCUT2D eigenvalue weighted by molar-refractivity contribution is 6.21. The maximum absolute atomic E-state index is 12.8. The number of benzene rings is 2. The molecule has 0 saturated heterocycles. The van der Waals surface area contributed by atoms with E-state index in [1.807, 2.05) is 12.1 Å². The molecule has 8 nitrogen and oxygen atoms in total. The number of esters is 1. The number of nitrogens with zero attached hydrogens (tertiary/aromatic N) is 2. The maximum Gasteiger partial charge on any atom is 0.338 e. The lowest BCUT2D eigenvalue weighted by molar-refractivity contribution is 0.0470. The van der Waals surface area contributed by atoms with Crippen molar-refractivity contribution in [1.29, 1.82) is 0 Å². The van der Waals surface area contributed by atoms with E-state index < -0.39 is 17.8 Å². The van der Waals surface area contributed by atoms with Crippen LogP contribution in [0.2, 0.25) is 0 Å². The Balaban J connectivity index is 1.29. The smallest absolute Gasteiger partial charge is 0.338 e. The van der Waals surface area contributed by atoms with E-state index in [0.717, 1.165) is 4.90 Å². The minimum Gasteiger partial charge on any atom is -0.467 e. The summed E-state index contributed by atoms with van der Waals surface area (Å²) < 4.78 is 16.5. The van der Waals surface area contributed by atoms with E-state index in [1.165, 1.54) is 24.5 Å². The number of carbonyl (C=O) groups excluding carboxylic acids is 3. The van der Waals surface area contributed by atoms with E-state index in [2.05, 4.69) is 4.98 Å². The molecule has 0 radical (unpaired) electrons. The Hall–Kier alpha value is -4.72. The third-order valence-electron chi connectivity index (χ3n) is 5.29. The number of ether oxygens (including phenoxy) is 2. The van der Waals surface area contributed by atoms with Gasteiger partial charge in [-0.25, -0.2) is 4.79 Å². The van der Waals surface area contributed by atoms with Crippen molar-refractivity contribution in [3.05, 3.63) is 113 Å². The van der Waals surface area contributed by atoms with E-state index in [4.69, 9.17) is 13.9 Å². The summed E-state index contributed by atoms with van der Waals surface area (Å²) in [6, 6.07) is 18.4. The molecule has 2 amide bonds. The fourth-order valence-electron chi connectivity index (χ4n) is 3.60. The first-order chi connectivity index (χ1) is 16.6. The van der Waals surface area contributed by atoms with Crippen LogP contribution in [0.1, 0.15) is 42.4 Å². The highest BCUT2D eigenvalue weighted by atomic mass is 16.5. The molecular formula is C26H18N2O6. The number of imide groups is 1. The average Bonchev–Trinajstić information content (AvgIpc) is 3.47. The van der Waals surface area contributed by atoms with Crippen LogP contribution in [0.3, 0.4) is 0 Å². The summed E-state index contributed by atoms with van der Waals surface area (Å²) in [4.78, 5) is 43.3. The van der Waals surface area contributed by atoms with Crippen molar-refractivity contribution >= 4 is 17.8 Å². The monoisotopic (exact) mass is 454 g/mol. The average molecular weight is 454 g/mol. The molecule has 4 aromatic rings. The van der Waals surface area contributed by atoms with Gasteiger partial charge in [-0.2, -0.15) is 0 Å². The van der Waals surface area contributed by atoms with Gasteiger partial charge < -0.3 is 13.9 Å². The van der Waals surface area contributed by atoms with Crippen LogP contribution in [-0.4, -0.2) is 27.7 Å². The molecule has 0 atom stereocenters. The van der Waals surface area contributed by atoms with E-state index in [-0.39, 0.29) is 29.8 Å². The van der Waals surface area contributed by atoms with Crippen molar-refractivity contribution in [2.45, 2.75) is 13.2 Å². The number of hydrogen-bond acceptors (Lipinski definition) is 7. The van der Waals surface area contributed by atoms with Gasteiger partial charge in [0.15, 0.2) is 0 Å². The Bertz CT molecular complexity index is 1370. The molecule has 0 spiro atoms. The molecular weight excluding hydrogens is 436 g/mol. The topological polar surface area (TPSA) is 98.9 Å². The lowest BCUT2D eigenvalue weighted by atomic mass is 10.1. The van der Waals surface area contributed by atoms with E-state index >= 15 is 0 Å². The van der Waals surface area contributed by atoms with Crippen molar-refractivity contribution in [2.24, 2.45) is 0 Å². The zero-order valence-corrected chi connectivity index (χ0v) is 17.8. The lowest BCUT2D eigenvalue weighted by Crippen LogP contribution is -2.28. The van der Waals surface area contributed by atoms with Gasteiger partial charge in [-0.1, -0.05) is 18.2 Å². The number of para-hydroxylation sites is 1. The molecule has 0 saturated carbocycles. The van der Waals surface area contributed by atoms with E-state index in [9.17, 15) is 14.4 Å². The SMILES string of the molecule is O=C(OCc1ccccc1Oc1cccnc1)c1ccc2c(c1)C(=O)N(Cc1ccco1)C2=O. The number of furan rings is 1. The first-order valence-corrected chi connectivity index (χ1v) is 10.5. The molecule has 0 fully saturated rings. The first kappa shape index (κ1) is 21.1. The number of pyridine rings is 1. The molecule has 1 aliphatic rings. The molecule has 2 aromatic heterocycles. The van der Waals surface area contributed by atoms with Crippen LogP contribution in [0.4, 0.5) is 0 Å². The third-order valence-corrected chi connectivity index (χ3v) is 5.29. The number of hydrogen-bond donors (Lipinski definition) is 0. The predicted octanol–water partition coefficient (Wildman–Crippen LogP) is 4.62. The van der Waals surface area contributed by atoms with Crippen molar-refractivity contribution < 1.29 is 28.3 Å². The van der Waals surface area contributed by atoms with Crippen LogP contribution >= 0.6 is 0 Å². The second kappa shape index (κ2) is 9.03. The Morgan fingerprint density at radius 1 is 0.941 bits per heavy atom. The molecule has 0 bridgehead atoms. The van der Waals surface area contributed by atoms with Gasteiger partial charge in [-0.05, 0) is 48.5 Å². The van der Waals surface area contributed by atoms with Crippen molar-refractivity contribution in [1.82, 2.24) is 9.88 Å². The van der Waals surface area contributed by atoms with Crippen molar-refractivity contribution in [3.8, 4) is 11.5 Å². The summed E-state index contributed by atoms with van der Waals surface area (Å²) in [6.45, 7) is -0.0172. The van der Waals surface area contributed by atoms with Crippen LogP contribution in [0.25, 0.3) is 0 Å². The number of carbonyl (C=O) groups is 3. The number of rotatable bonds is 7. The fourth-order valence-corrected chi connectivity index (χ4v) is 3.60. The van der Waals surface area contributed by atoms with Crippen LogP contribution < -0.4 is 4.74 Å². The summed E-state index contributed by atoms with van der Waals surface area (Å²) in [5, 5.41) is 0. The molecule has 0 unspecified atom stereocenters. The second-order valence-electron chi connectivity index (χ2n) is 7.51. The molecule has 168 valence electrons. The first-order valence-electron chi connectivity index (χ1n) is 10.5. The Morgan fingerprint density at radius 3 is 2.59 bits per heavy atom. The largest absolute Gasteiger partial charge is 0.467 e. The summed E-state index contributed by atoms with van der Waals surface area (Å²) in [5.74, 6) is 0.0397. The minimum absolute atomic E-state index is 0.0207. The van der Waals surface area contributed by atoms with Gasteiger partial charge in [0, 0.05) is 11.8 Å². The zero-order valence-electron chi connectivity index (χ0n) is 17.8. The molecule has 0 aliphatic carbocycles. The normalized spacial score (nSPS) is 12.5. The van der Waals surface area contributed by atoms with Gasteiger partial charge in [0.2, 0.25) is 0 Å². The number of amides is 2. The van der Waals surface area contributed by atoms with Crippen LogP contribution in [0.5, 0.6) is 11.5 Å². The molecule has 34 heavy (non-hydrogen) atoms. The quantitative estimate of drug-likeness (QED) is 0.297. The second-order valence-corrected chi connectivity index (χ2v) is 7.51. The van der Waals surface area contributed by atoms with Crippen molar-refractivity contribution in [2.75, 3.05) is 0 Å². The standard InChI is InChI=1S/C26H18N2O6/c29-24-21-10-9-17(13-22(21)25(30)28(24)15-20-7-4-12-32-20)26(31)33-16-18-5-1-2-8-23(18)34-19-6-3-11-27-14-19/h1-14H,15-16H2. The van der Waals surface area contributed by atoms with Gasteiger partial charge in [-0.3, -0.25) is 19.5 Å². The molecule has 2 aromatic carbocycles. The minimum atomic E-state index is -0.622. The van der Waals surface area contributed by atoms with Gasteiger partial charge in [0.05, 0.1) is 35.7 Å². The fraction of sp³-hybridized carbons (Fsp3) is 0.0769. The zero-order chi connectivity index (χ0) is 23.5. The van der Waals surface area contributed by atoms with Gasteiger partial charge >= 0.3 is 5.97 Å². The maximum atomic E-state index is 12.8. The Labute approximate surface area is 194 Å². The van der Waals surface area contributed by atoms with Crippen LogP contribution in [0, 0.1) is 0 Å². The Kier molecular flexibility index (Phi) is 5.61. The van der Waals surface area contributed by atoms with Gasteiger partial charge in [0.25, 0.3) is 11.8 Å². The summed E-state index contributed by atoms with van der Waals surface area (Å²) in [7, 11) is 0. The van der Waals surface area contributed by atoms with E-state index in [1.54, 1.807) is 48.8 Å². The molecule has 5 rings (SSSR count). The summed E-state index contributed by atoms with van der Waals surface area (Å²) >= 11 is 0. The highest BCUT2D eigenvalue weighted by Gasteiger charge is 2.36. The third kappa shape index (κ3) is 4.16.